The number of hydrogen-bond acceptors (Lipinski definition) is 7. The Kier molecular flexibility index (Phi) is 4.98. The summed E-state index contributed by atoms with van der Waals surface area (Å²) < 4.78 is 5.19. The minimum Gasteiger partial charge on any atom is -0.478 e. The number of ether oxygens (including phenoxy) is 1. The molecule has 0 radical (unpaired) electrons. The molecule has 1 aliphatic heterocycles. The van der Waals surface area contributed by atoms with Gasteiger partial charge in [0, 0.05) is 12.3 Å². The maximum atomic E-state index is 11.0. The number of carboxylic acids is 1. The van der Waals surface area contributed by atoms with Crippen LogP contribution in [0.4, 0.5) is 0 Å². The summed E-state index contributed by atoms with van der Waals surface area (Å²) in [6, 6.07) is 0. The van der Waals surface area contributed by atoms with Crippen LogP contribution in [-0.2, 0) is 9.53 Å². The lowest BCUT2D eigenvalue weighted by Gasteiger charge is -2.43. The van der Waals surface area contributed by atoms with Crippen LogP contribution in [0.3, 0.4) is 0 Å². The summed E-state index contributed by atoms with van der Waals surface area (Å²) in [6.45, 7) is 0.855. The fourth-order valence-electron chi connectivity index (χ4n) is 1.91. The Morgan fingerprint density at radius 1 is 1.56 bits per heavy atom. The number of carbonyl (C=O) groups is 1. The molecule has 0 amide bonds. The molecule has 18 heavy (non-hydrogen) atoms. The molecule has 1 saturated heterocycles. The van der Waals surface area contributed by atoms with Gasteiger partial charge < -0.3 is 30.3 Å². The molecule has 0 spiro atoms. The Morgan fingerprint density at radius 3 is 2.56 bits per heavy atom. The van der Waals surface area contributed by atoms with Gasteiger partial charge in [-0.3, -0.25) is 0 Å². The van der Waals surface area contributed by atoms with E-state index < -0.39 is 47.8 Å². The van der Waals surface area contributed by atoms with Crippen LogP contribution < -0.4 is 0 Å². The van der Waals surface area contributed by atoms with Crippen LogP contribution >= 0.6 is 12.6 Å². The van der Waals surface area contributed by atoms with Gasteiger partial charge in [0.1, 0.15) is 12.2 Å². The summed E-state index contributed by atoms with van der Waals surface area (Å²) in [4.78, 5) is 9.11. The Labute approximate surface area is 109 Å². The summed E-state index contributed by atoms with van der Waals surface area (Å²) in [5, 5.41) is 46.7. The zero-order valence-corrected chi connectivity index (χ0v) is 10.7. The summed E-state index contributed by atoms with van der Waals surface area (Å²) in [7, 11) is 0. The van der Waals surface area contributed by atoms with Crippen LogP contribution in [0, 0.1) is 5.92 Å². The second-order valence-corrected chi connectivity index (χ2v) is 5.27. The van der Waals surface area contributed by atoms with Crippen molar-refractivity contribution < 1.29 is 35.1 Å². The van der Waals surface area contributed by atoms with Crippen LogP contribution in [0.25, 0.3) is 0 Å². The number of carboxylic acid groups (broad SMARTS) is 1. The number of hydrogen-bond donors (Lipinski definition) is 6. The quantitative estimate of drug-likeness (QED) is 0.336. The fourth-order valence-corrected chi connectivity index (χ4v) is 2.22. The van der Waals surface area contributed by atoms with Gasteiger partial charge in [-0.05, 0) is 0 Å². The molecule has 1 rings (SSSR count). The van der Waals surface area contributed by atoms with Gasteiger partial charge in [-0.15, -0.1) is 12.6 Å². The second-order valence-electron chi connectivity index (χ2n) is 4.54. The van der Waals surface area contributed by atoms with Crippen LogP contribution in [0.2, 0.25) is 0 Å². The minimum atomic E-state index is -1.92. The highest BCUT2D eigenvalue weighted by Gasteiger charge is 2.50. The maximum Gasteiger partial charge on any atom is 0.346 e. The van der Waals surface area contributed by atoms with Crippen molar-refractivity contribution in [2.45, 2.75) is 42.7 Å². The monoisotopic (exact) mass is 282 g/mol. The van der Waals surface area contributed by atoms with Crippen molar-refractivity contribution in [2.24, 2.45) is 5.92 Å². The number of thiol groups is 1. The lowest BCUT2D eigenvalue weighted by Crippen LogP contribution is -2.58. The van der Waals surface area contributed by atoms with E-state index in [1.165, 1.54) is 0 Å². The molecule has 0 aromatic rings. The highest BCUT2D eigenvalue weighted by molar-refractivity contribution is 7.82. The second kappa shape index (κ2) is 5.72. The summed E-state index contributed by atoms with van der Waals surface area (Å²) in [5.74, 6) is -1.98. The van der Waals surface area contributed by atoms with E-state index >= 15 is 0 Å². The van der Waals surface area contributed by atoms with E-state index in [-0.39, 0.29) is 6.42 Å². The maximum absolute atomic E-state index is 11.0. The predicted molar refractivity (Wildman–Crippen MR) is 63.1 cm³/mol. The molecule has 7 nitrogen and oxygen atoms in total. The van der Waals surface area contributed by atoms with Gasteiger partial charge in [0.15, 0.2) is 0 Å². The van der Waals surface area contributed by atoms with Crippen molar-refractivity contribution in [1.82, 2.24) is 0 Å². The topological polar surface area (TPSA) is 127 Å². The molecular weight excluding hydrogens is 264 g/mol. The molecule has 1 heterocycles. The third kappa shape index (κ3) is 2.95. The Bertz CT molecular complexity index is 313. The van der Waals surface area contributed by atoms with E-state index in [4.69, 9.17) is 14.9 Å². The molecule has 0 bridgehead atoms. The Morgan fingerprint density at radius 2 is 2.11 bits per heavy atom. The first-order valence-corrected chi connectivity index (χ1v) is 5.96. The minimum absolute atomic E-state index is 0.231. The molecule has 5 N–H and O–H groups in total. The zero-order valence-electron chi connectivity index (χ0n) is 9.80. The molecule has 1 fully saturated rings. The number of aliphatic hydroxyl groups excluding tert-OH is 4. The van der Waals surface area contributed by atoms with Gasteiger partial charge in [-0.2, -0.15) is 0 Å². The normalized spacial score (nSPS) is 40.2. The van der Waals surface area contributed by atoms with E-state index in [2.05, 4.69) is 12.6 Å². The molecule has 0 aromatic heterocycles. The third-order valence-corrected chi connectivity index (χ3v) is 3.67. The molecule has 0 aliphatic carbocycles. The van der Waals surface area contributed by atoms with Gasteiger partial charge in [-0.25, -0.2) is 4.79 Å². The van der Waals surface area contributed by atoms with Crippen molar-refractivity contribution in [3.63, 3.8) is 0 Å². The van der Waals surface area contributed by atoms with E-state index in [9.17, 15) is 20.1 Å². The molecule has 1 aliphatic rings. The highest BCUT2D eigenvalue weighted by Crippen LogP contribution is 2.37. The Balaban J connectivity index is 2.92. The molecule has 6 unspecified atom stereocenters. The van der Waals surface area contributed by atoms with E-state index in [1.807, 2.05) is 0 Å². The molecule has 6 atom stereocenters. The van der Waals surface area contributed by atoms with Crippen molar-refractivity contribution in [3.05, 3.63) is 0 Å². The molecule has 106 valence electrons. The summed E-state index contributed by atoms with van der Waals surface area (Å²) >= 11 is 3.86. The third-order valence-electron chi connectivity index (χ3n) is 3.19. The van der Waals surface area contributed by atoms with Gasteiger partial charge in [0.05, 0.1) is 18.8 Å². The molecule has 0 saturated carbocycles. The van der Waals surface area contributed by atoms with Crippen LogP contribution in [0.1, 0.15) is 13.3 Å². The summed E-state index contributed by atoms with van der Waals surface area (Å²) in [6.07, 6.45) is -5.40. The average Bonchev–Trinajstić information content (AvgIpc) is 2.31. The zero-order chi connectivity index (χ0) is 14.1. The Hall–Kier alpha value is -0.380. The van der Waals surface area contributed by atoms with Crippen LogP contribution in [0.15, 0.2) is 0 Å². The number of rotatable bonds is 4. The van der Waals surface area contributed by atoms with Crippen molar-refractivity contribution >= 4 is 18.6 Å². The van der Waals surface area contributed by atoms with Gasteiger partial charge >= 0.3 is 5.97 Å². The van der Waals surface area contributed by atoms with Crippen molar-refractivity contribution in [3.8, 4) is 0 Å². The van der Waals surface area contributed by atoms with Crippen molar-refractivity contribution in [2.75, 3.05) is 6.61 Å². The van der Waals surface area contributed by atoms with Gasteiger partial charge in [0.2, 0.25) is 4.93 Å². The average molecular weight is 282 g/mol. The van der Waals surface area contributed by atoms with Gasteiger partial charge in [0.25, 0.3) is 0 Å². The van der Waals surface area contributed by atoms with Crippen LogP contribution in [0.5, 0.6) is 0 Å². The number of aliphatic carboxylic acids is 1. The van der Waals surface area contributed by atoms with E-state index in [0.717, 1.165) is 0 Å². The number of aliphatic hydroxyl groups is 4. The highest BCUT2D eigenvalue weighted by atomic mass is 32.1. The first kappa shape index (κ1) is 15.7. The lowest BCUT2D eigenvalue weighted by atomic mass is 9.85. The van der Waals surface area contributed by atoms with Gasteiger partial charge in [-0.1, -0.05) is 6.92 Å². The summed E-state index contributed by atoms with van der Waals surface area (Å²) in [5.41, 5.74) is 0. The first-order valence-electron chi connectivity index (χ1n) is 5.51. The first-order chi connectivity index (χ1) is 8.23. The SMILES string of the molecule is CC1C(O)CC(S)(C(=O)O)OC1C(O)C(O)CO. The van der Waals surface area contributed by atoms with Crippen molar-refractivity contribution in [1.29, 1.82) is 0 Å². The smallest absolute Gasteiger partial charge is 0.346 e. The lowest BCUT2D eigenvalue weighted by molar-refractivity contribution is -0.211. The van der Waals surface area contributed by atoms with E-state index in [1.54, 1.807) is 6.92 Å². The van der Waals surface area contributed by atoms with E-state index in [0.29, 0.717) is 0 Å². The van der Waals surface area contributed by atoms with Crippen LogP contribution in [-0.4, -0.2) is 67.5 Å². The fraction of sp³-hybridized carbons (Fsp3) is 0.900. The molecule has 0 aromatic carbocycles. The molecular formula is C10H18O7S. The predicted octanol–water partition coefficient (Wildman–Crippen LogP) is -1.80. The molecule has 8 heteroatoms. The largest absolute Gasteiger partial charge is 0.478 e. The standard InChI is InChI=1S/C10H18O7S/c1-4-5(12)2-10(18,9(15)16)17-8(4)7(14)6(13)3-11/h4-8,11-14,18H,2-3H2,1H3,(H,15,16).